The van der Waals surface area contributed by atoms with Gasteiger partial charge in [0.1, 0.15) is 0 Å². The molecule has 0 aliphatic carbocycles. The van der Waals surface area contributed by atoms with Crippen molar-refractivity contribution in [2.75, 3.05) is 14.2 Å². The molecule has 3 rings (SSSR count). The van der Waals surface area contributed by atoms with Crippen LogP contribution in [0, 0.1) is 0 Å². The fraction of sp³-hybridized carbons (Fsp3) is 0.190. The number of rotatable bonds is 8. The van der Waals surface area contributed by atoms with E-state index in [1.165, 1.54) is 16.4 Å². The van der Waals surface area contributed by atoms with E-state index in [0.29, 0.717) is 16.5 Å². The van der Waals surface area contributed by atoms with Crippen LogP contribution in [-0.2, 0) is 23.1 Å². The molecular formula is C21H21ClN2O4S. The highest BCUT2D eigenvalue weighted by atomic mass is 35.5. The Hall–Kier alpha value is -2.61. The summed E-state index contributed by atoms with van der Waals surface area (Å²) in [5.74, 6) is 1.12. The van der Waals surface area contributed by atoms with E-state index < -0.39 is 10.0 Å². The molecule has 0 aliphatic rings. The Bertz CT molecular complexity index is 1060. The van der Waals surface area contributed by atoms with E-state index in [-0.39, 0.29) is 18.0 Å². The predicted molar refractivity (Wildman–Crippen MR) is 112 cm³/mol. The van der Waals surface area contributed by atoms with E-state index in [1.807, 2.05) is 12.1 Å². The number of sulfonamides is 1. The maximum Gasteiger partial charge on any atom is 0.243 e. The number of hydrogen-bond acceptors (Lipinski definition) is 5. The highest BCUT2D eigenvalue weighted by Crippen LogP contribution is 2.29. The number of ether oxygens (including phenoxy) is 2. The maximum absolute atomic E-state index is 13.3. The van der Waals surface area contributed by atoms with Crippen LogP contribution in [0.1, 0.15) is 11.1 Å². The lowest BCUT2D eigenvalue weighted by Gasteiger charge is -2.23. The summed E-state index contributed by atoms with van der Waals surface area (Å²) >= 11 is 5.92. The number of pyridine rings is 1. The molecule has 0 N–H and O–H groups in total. The number of benzene rings is 2. The largest absolute Gasteiger partial charge is 0.493 e. The molecule has 0 atom stereocenters. The Kier molecular flexibility index (Phi) is 6.74. The molecule has 0 radical (unpaired) electrons. The topological polar surface area (TPSA) is 68.7 Å². The van der Waals surface area contributed by atoms with Crippen molar-refractivity contribution < 1.29 is 17.9 Å². The summed E-state index contributed by atoms with van der Waals surface area (Å²) in [6.45, 7) is 0.327. The fourth-order valence-corrected chi connectivity index (χ4v) is 4.40. The quantitative estimate of drug-likeness (QED) is 0.535. The van der Waals surface area contributed by atoms with Crippen LogP contribution in [0.5, 0.6) is 11.5 Å². The SMILES string of the molecule is COc1ccc(CN(Cc2cccnc2)S(=O)(=O)c2ccc(Cl)cc2)cc1OC. The summed E-state index contributed by atoms with van der Waals surface area (Å²) in [7, 11) is -0.681. The number of hydrogen-bond donors (Lipinski definition) is 0. The van der Waals surface area contributed by atoms with Crippen LogP contribution in [0.4, 0.5) is 0 Å². The van der Waals surface area contributed by atoms with Crippen LogP contribution >= 0.6 is 11.6 Å². The van der Waals surface area contributed by atoms with Crippen LogP contribution in [0.3, 0.4) is 0 Å². The number of halogens is 1. The van der Waals surface area contributed by atoms with Crippen LogP contribution in [0.2, 0.25) is 5.02 Å². The smallest absolute Gasteiger partial charge is 0.243 e. The maximum atomic E-state index is 13.3. The second-order valence-electron chi connectivity index (χ2n) is 6.28. The molecule has 2 aromatic carbocycles. The minimum atomic E-state index is -3.77. The standard InChI is InChI=1S/C21H21ClN2O4S/c1-27-20-10-5-16(12-21(20)28-2)14-24(15-17-4-3-11-23-13-17)29(25,26)19-8-6-18(22)7-9-19/h3-13H,14-15H2,1-2H3. The minimum Gasteiger partial charge on any atom is -0.493 e. The second kappa shape index (κ2) is 9.26. The zero-order valence-electron chi connectivity index (χ0n) is 16.1. The summed E-state index contributed by atoms with van der Waals surface area (Å²) in [6.07, 6.45) is 3.30. The van der Waals surface area contributed by atoms with Gasteiger partial charge in [0.15, 0.2) is 11.5 Å². The van der Waals surface area contributed by atoms with Crippen molar-refractivity contribution in [3.05, 3.63) is 83.1 Å². The molecule has 0 fully saturated rings. The zero-order valence-corrected chi connectivity index (χ0v) is 17.7. The Morgan fingerprint density at radius 1 is 0.931 bits per heavy atom. The second-order valence-corrected chi connectivity index (χ2v) is 8.65. The van der Waals surface area contributed by atoms with E-state index in [9.17, 15) is 8.42 Å². The van der Waals surface area contributed by atoms with Gasteiger partial charge in [-0.05, 0) is 53.6 Å². The number of methoxy groups -OCH3 is 2. The molecular weight excluding hydrogens is 412 g/mol. The van der Waals surface area contributed by atoms with Crippen LogP contribution in [-0.4, -0.2) is 31.9 Å². The number of nitrogens with zero attached hydrogens (tertiary/aromatic N) is 2. The Balaban J connectivity index is 1.98. The Morgan fingerprint density at radius 3 is 2.24 bits per heavy atom. The van der Waals surface area contributed by atoms with E-state index in [4.69, 9.17) is 21.1 Å². The molecule has 6 nitrogen and oxygen atoms in total. The highest BCUT2D eigenvalue weighted by molar-refractivity contribution is 7.89. The first-order chi connectivity index (χ1) is 13.9. The van der Waals surface area contributed by atoms with Gasteiger partial charge in [-0.25, -0.2) is 8.42 Å². The molecule has 3 aromatic rings. The predicted octanol–water partition coefficient (Wildman–Crippen LogP) is 4.14. The Morgan fingerprint density at radius 2 is 1.62 bits per heavy atom. The summed E-state index contributed by atoms with van der Waals surface area (Å²) in [5, 5.41) is 0.475. The fourth-order valence-electron chi connectivity index (χ4n) is 2.86. The summed E-state index contributed by atoms with van der Waals surface area (Å²) in [6, 6.07) is 15.1. The van der Waals surface area contributed by atoms with Crippen molar-refractivity contribution in [1.29, 1.82) is 0 Å². The van der Waals surface area contributed by atoms with Gasteiger partial charge in [-0.1, -0.05) is 23.7 Å². The number of aromatic nitrogens is 1. The normalized spacial score (nSPS) is 11.4. The van der Waals surface area contributed by atoms with Crippen molar-refractivity contribution in [2.45, 2.75) is 18.0 Å². The van der Waals surface area contributed by atoms with Crippen molar-refractivity contribution in [3.8, 4) is 11.5 Å². The van der Waals surface area contributed by atoms with Gasteiger partial charge in [-0.15, -0.1) is 0 Å². The third-order valence-electron chi connectivity index (χ3n) is 4.34. The molecule has 0 saturated carbocycles. The van der Waals surface area contributed by atoms with Gasteiger partial charge in [0.05, 0.1) is 19.1 Å². The molecule has 1 aromatic heterocycles. The van der Waals surface area contributed by atoms with Gasteiger partial charge in [-0.3, -0.25) is 4.98 Å². The van der Waals surface area contributed by atoms with Gasteiger partial charge in [0, 0.05) is 30.5 Å². The Labute approximate surface area is 175 Å². The summed E-state index contributed by atoms with van der Waals surface area (Å²) < 4.78 is 38.7. The first-order valence-electron chi connectivity index (χ1n) is 8.79. The average molecular weight is 433 g/mol. The van der Waals surface area contributed by atoms with E-state index in [0.717, 1.165) is 11.1 Å². The van der Waals surface area contributed by atoms with Crippen LogP contribution < -0.4 is 9.47 Å². The molecule has 0 saturated heterocycles. The van der Waals surface area contributed by atoms with Gasteiger partial charge in [0.2, 0.25) is 10.0 Å². The van der Waals surface area contributed by atoms with Gasteiger partial charge < -0.3 is 9.47 Å². The molecule has 8 heteroatoms. The molecule has 0 bridgehead atoms. The first-order valence-corrected chi connectivity index (χ1v) is 10.6. The lowest BCUT2D eigenvalue weighted by atomic mass is 10.2. The lowest BCUT2D eigenvalue weighted by molar-refractivity contribution is 0.352. The van der Waals surface area contributed by atoms with Crippen molar-refractivity contribution >= 4 is 21.6 Å². The van der Waals surface area contributed by atoms with Crippen molar-refractivity contribution in [3.63, 3.8) is 0 Å². The summed E-state index contributed by atoms with van der Waals surface area (Å²) in [5.41, 5.74) is 1.55. The molecule has 152 valence electrons. The lowest BCUT2D eigenvalue weighted by Crippen LogP contribution is -2.30. The first kappa shape index (κ1) is 21.1. The molecule has 1 heterocycles. The minimum absolute atomic E-state index is 0.153. The third kappa shape index (κ3) is 5.06. The average Bonchev–Trinajstić information content (AvgIpc) is 2.74. The highest BCUT2D eigenvalue weighted by Gasteiger charge is 2.25. The monoisotopic (exact) mass is 432 g/mol. The van der Waals surface area contributed by atoms with Crippen molar-refractivity contribution in [1.82, 2.24) is 9.29 Å². The molecule has 0 amide bonds. The van der Waals surface area contributed by atoms with Crippen LogP contribution in [0.25, 0.3) is 0 Å². The summed E-state index contributed by atoms with van der Waals surface area (Å²) in [4.78, 5) is 4.26. The third-order valence-corrected chi connectivity index (χ3v) is 6.40. The zero-order chi connectivity index (χ0) is 20.9. The van der Waals surface area contributed by atoms with Gasteiger partial charge >= 0.3 is 0 Å². The molecule has 0 aliphatic heterocycles. The van der Waals surface area contributed by atoms with Crippen LogP contribution in [0.15, 0.2) is 71.9 Å². The van der Waals surface area contributed by atoms with Crippen molar-refractivity contribution in [2.24, 2.45) is 0 Å². The molecule has 0 spiro atoms. The van der Waals surface area contributed by atoms with E-state index in [2.05, 4.69) is 4.98 Å². The van der Waals surface area contributed by atoms with Gasteiger partial charge in [-0.2, -0.15) is 4.31 Å². The van der Waals surface area contributed by atoms with E-state index in [1.54, 1.807) is 56.9 Å². The van der Waals surface area contributed by atoms with Gasteiger partial charge in [0.25, 0.3) is 0 Å². The molecule has 29 heavy (non-hydrogen) atoms. The molecule has 0 unspecified atom stereocenters. The van der Waals surface area contributed by atoms with E-state index >= 15 is 0 Å².